The molecule has 0 saturated heterocycles. The lowest BCUT2D eigenvalue weighted by Gasteiger charge is -2.43. The third kappa shape index (κ3) is 5.77. The number of unbranched alkanes of at least 4 members (excludes halogenated alkanes) is 5. The molecule has 0 heterocycles. The first-order valence-electron chi connectivity index (χ1n) is 9.01. The number of thioether (sulfide) groups is 1. The number of rotatable bonds is 9. The van der Waals surface area contributed by atoms with Crippen molar-refractivity contribution < 1.29 is 5.11 Å². The zero-order valence-electron chi connectivity index (χ0n) is 15.3. The summed E-state index contributed by atoms with van der Waals surface area (Å²) in [5.74, 6) is 2.52. The summed E-state index contributed by atoms with van der Waals surface area (Å²) in [4.78, 5) is 0. The van der Waals surface area contributed by atoms with Crippen molar-refractivity contribution in [1.29, 1.82) is 0 Å². The van der Waals surface area contributed by atoms with Crippen LogP contribution in [0.3, 0.4) is 0 Å². The van der Waals surface area contributed by atoms with E-state index in [1.54, 1.807) is 0 Å². The lowest BCUT2D eigenvalue weighted by molar-refractivity contribution is -0.0442. The topological polar surface area (TPSA) is 20.2 Å². The Balaban J connectivity index is 2.26. The van der Waals surface area contributed by atoms with Gasteiger partial charge in [0.25, 0.3) is 0 Å². The monoisotopic (exact) mass is 324 g/mol. The summed E-state index contributed by atoms with van der Waals surface area (Å²) in [6.45, 7) is 10.7. The smallest absolute Gasteiger partial charge is 0.0938 e. The van der Waals surface area contributed by atoms with Crippen molar-refractivity contribution in [2.45, 2.75) is 78.7 Å². The number of hydrogen-bond acceptors (Lipinski definition) is 2. The van der Waals surface area contributed by atoms with E-state index in [4.69, 9.17) is 0 Å². The van der Waals surface area contributed by atoms with Crippen molar-refractivity contribution >= 4 is 11.8 Å². The van der Waals surface area contributed by atoms with Gasteiger partial charge in [-0.2, -0.15) is 11.8 Å². The maximum Gasteiger partial charge on any atom is 0.0938 e. The Morgan fingerprint density at radius 3 is 2.36 bits per heavy atom. The van der Waals surface area contributed by atoms with E-state index < -0.39 is 5.60 Å². The lowest BCUT2D eigenvalue weighted by Crippen LogP contribution is -2.47. The standard InChI is InChI=1S/C20H36OS/c1-6-7-8-9-10-11-14-22-16-18-12-13-20(21,17(2)15-18)19(3,4)5/h12-13,15,17,21H,6-11,14,16H2,1-5H3. The van der Waals surface area contributed by atoms with Gasteiger partial charge in [-0.15, -0.1) is 0 Å². The van der Waals surface area contributed by atoms with Crippen molar-refractivity contribution in [2.75, 3.05) is 11.5 Å². The molecule has 1 aliphatic carbocycles. The van der Waals surface area contributed by atoms with E-state index in [9.17, 15) is 5.11 Å². The first-order valence-corrected chi connectivity index (χ1v) is 10.2. The highest BCUT2D eigenvalue weighted by Crippen LogP contribution is 2.41. The van der Waals surface area contributed by atoms with Crippen molar-refractivity contribution in [1.82, 2.24) is 0 Å². The maximum absolute atomic E-state index is 10.9. The van der Waals surface area contributed by atoms with Gasteiger partial charge in [0.15, 0.2) is 0 Å². The highest BCUT2D eigenvalue weighted by molar-refractivity contribution is 7.99. The second-order valence-corrected chi connectivity index (χ2v) is 8.86. The van der Waals surface area contributed by atoms with Crippen LogP contribution in [0.2, 0.25) is 0 Å². The number of hydrogen-bond donors (Lipinski definition) is 1. The molecule has 1 aliphatic rings. The predicted molar refractivity (Wildman–Crippen MR) is 101 cm³/mol. The van der Waals surface area contributed by atoms with Gasteiger partial charge < -0.3 is 5.11 Å². The van der Waals surface area contributed by atoms with Crippen molar-refractivity contribution in [3.8, 4) is 0 Å². The Morgan fingerprint density at radius 2 is 1.77 bits per heavy atom. The Hall–Kier alpha value is -0.210. The Kier molecular flexibility index (Phi) is 8.27. The van der Waals surface area contributed by atoms with E-state index in [1.165, 1.54) is 49.9 Å². The van der Waals surface area contributed by atoms with Crippen LogP contribution < -0.4 is 0 Å². The number of allylic oxidation sites excluding steroid dienone is 1. The molecular formula is C20H36OS. The minimum absolute atomic E-state index is 0.128. The fraction of sp³-hybridized carbons (Fsp3) is 0.800. The van der Waals surface area contributed by atoms with E-state index in [0.29, 0.717) is 0 Å². The zero-order chi connectivity index (χ0) is 16.6. The van der Waals surface area contributed by atoms with Crippen LogP contribution in [0.5, 0.6) is 0 Å². The fourth-order valence-electron chi connectivity index (χ4n) is 3.09. The van der Waals surface area contributed by atoms with Gasteiger partial charge in [0.1, 0.15) is 0 Å². The molecule has 0 spiro atoms. The zero-order valence-corrected chi connectivity index (χ0v) is 16.1. The van der Waals surface area contributed by atoms with Crippen LogP contribution >= 0.6 is 11.8 Å². The molecule has 2 unspecified atom stereocenters. The second kappa shape index (κ2) is 9.17. The van der Waals surface area contributed by atoms with Gasteiger partial charge in [-0.05, 0) is 23.2 Å². The molecule has 22 heavy (non-hydrogen) atoms. The highest BCUT2D eigenvalue weighted by Gasteiger charge is 2.42. The van der Waals surface area contributed by atoms with Crippen LogP contribution in [0, 0.1) is 11.3 Å². The first-order chi connectivity index (χ1) is 10.3. The molecule has 0 radical (unpaired) electrons. The van der Waals surface area contributed by atoms with E-state index in [-0.39, 0.29) is 11.3 Å². The molecule has 1 nitrogen and oxygen atoms in total. The van der Waals surface area contributed by atoms with E-state index in [1.807, 2.05) is 17.8 Å². The van der Waals surface area contributed by atoms with Crippen LogP contribution in [-0.4, -0.2) is 22.2 Å². The number of aliphatic hydroxyl groups is 1. The molecule has 1 N–H and O–H groups in total. The van der Waals surface area contributed by atoms with E-state index >= 15 is 0 Å². The summed E-state index contributed by atoms with van der Waals surface area (Å²) >= 11 is 2.03. The highest BCUT2D eigenvalue weighted by atomic mass is 32.2. The molecule has 0 aromatic carbocycles. The van der Waals surface area contributed by atoms with Gasteiger partial charge >= 0.3 is 0 Å². The molecule has 0 aliphatic heterocycles. The molecule has 128 valence electrons. The van der Waals surface area contributed by atoms with Crippen LogP contribution in [0.25, 0.3) is 0 Å². The first kappa shape index (κ1) is 19.8. The quantitative estimate of drug-likeness (QED) is 0.526. The van der Waals surface area contributed by atoms with Gasteiger partial charge in [0.05, 0.1) is 5.60 Å². The van der Waals surface area contributed by atoms with E-state index in [0.717, 1.165) is 5.75 Å². The Bertz CT molecular complexity index is 378. The van der Waals surface area contributed by atoms with Gasteiger partial charge in [0.2, 0.25) is 0 Å². The van der Waals surface area contributed by atoms with Crippen molar-refractivity contribution in [3.63, 3.8) is 0 Å². The third-order valence-corrected chi connectivity index (χ3v) is 5.94. The summed E-state index contributed by atoms with van der Waals surface area (Å²) < 4.78 is 0. The van der Waals surface area contributed by atoms with Crippen LogP contribution in [-0.2, 0) is 0 Å². The molecule has 0 bridgehead atoms. The second-order valence-electron chi connectivity index (χ2n) is 7.76. The Labute approximate surface area is 142 Å². The average molecular weight is 325 g/mol. The molecule has 1 rings (SSSR count). The minimum Gasteiger partial charge on any atom is -0.385 e. The van der Waals surface area contributed by atoms with Gasteiger partial charge in [-0.3, -0.25) is 0 Å². The SMILES string of the molecule is CCCCCCCCSCC1=CC(C)C(O)(C(C)(C)C)C=C1. The predicted octanol–water partition coefficient (Wildman–Crippen LogP) is 5.99. The molecule has 0 amide bonds. The molecule has 0 aromatic rings. The van der Waals surface area contributed by atoms with Crippen LogP contribution in [0.1, 0.15) is 73.1 Å². The van der Waals surface area contributed by atoms with E-state index in [2.05, 4.69) is 46.8 Å². The third-order valence-electron chi connectivity index (χ3n) is 4.82. The summed E-state index contributed by atoms with van der Waals surface area (Å²) in [5.41, 5.74) is 0.522. The molecule has 0 fully saturated rings. The average Bonchev–Trinajstić information content (AvgIpc) is 2.44. The molecule has 2 atom stereocenters. The summed E-state index contributed by atoms with van der Waals surface area (Å²) in [6.07, 6.45) is 14.7. The Morgan fingerprint density at radius 1 is 1.14 bits per heavy atom. The molecule has 0 saturated carbocycles. The van der Waals surface area contributed by atoms with Gasteiger partial charge in [-0.25, -0.2) is 0 Å². The normalized spacial score (nSPS) is 25.4. The molecular weight excluding hydrogens is 288 g/mol. The largest absolute Gasteiger partial charge is 0.385 e. The van der Waals surface area contributed by atoms with Crippen molar-refractivity contribution in [2.24, 2.45) is 11.3 Å². The van der Waals surface area contributed by atoms with Gasteiger partial charge in [0, 0.05) is 11.7 Å². The van der Waals surface area contributed by atoms with Crippen LogP contribution in [0.4, 0.5) is 0 Å². The summed E-state index contributed by atoms with van der Waals surface area (Å²) in [6, 6.07) is 0. The van der Waals surface area contributed by atoms with Crippen LogP contribution in [0.15, 0.2) is 23.8 Å². The summed E-state index contributed by atoms with van der Waals surface area (Å²) in [7, 11) is 0. The molecule has 2 heteroatoms. The van der Waals surface area contributed by atoms with Gasteiger partial charge in [-0.1, -0.05) is 85.0 Å². The lowest BCUT2D eigenvalue weighted by atomic mass is 9.67. The minimum atomic E-state index is -0.722. The molecule has 0 aromatic heterocycles. The fourth-order valence-corrected chi connectivity index (χ4v) is 4.07. The van der Waals surface area contributed by atoms with Crippen molar-refractivity contribution in [3.05, 3.63) is 23.8 Å². The maximum atomic E-state index is 10.9. The summed E-state index contributed by atoms with van der Waals surface area (Å²) in [5, 5.41) is 10.9.